The minimum absolute atomic E-state index is 0.0451. The van der Waals surface area contributed by atoms with Crippen molar-refractivity contribution in [3.63, 3.8) is 0 Å². The number of carbonyl (C=O) groups excluding carboxylic acids is 1. The largest absolute Gasteiger partial charge is 0.508 e. The maximum absolute atomic E-state index is 12.6. The van der Waals surface area contributed by atoms with Crippen LogP contribution in [-0.2, 0) is 4.79 Å². The molecule has 0 atom stereocenters. The first-order valence-corrected chi connectivity index (χ1v) is 10.3. The van der Waals surface area contributed by atoms with Gasteiger partial charge in [-0.3, -0.25) is 4.79 Å². The number of phenols is 1. The van der Waals surface area contributed by atoms with E-state index in [1.165, 1.54) is 0 Å². The lowest BCUT2D eigenvalue weighted by Gasteiger charge is -2.36. The lowest BCUT2D eigenvalue weighted by molar-refractivity contribution is -0.133. The minimum Gasteiger partial charge on any atom is -0.508 e. The molecule has 0 aromatic heterocycles. The molecule has 1 N–H and O–H groups in total. The van der Waals surface area contributed by atoms with Crippen LogP contribution in [0.5, 0.6) is 11.5 Å². The Morgan fingerprint density at radius 2 is 1.67 bits per heavy atom. The van der Waals surface area contributed by atoms with Gasteiger partial charge >= 0.3 is 0 Å². The van der Waals surface area contributed by atoms with Gasteiger partial charge in [0.15, 0.2) is 6.61 Å². The standard InChI is InChI=1S/C24H23ClN2O3/c25-22-15-19(18-5-2-1-3-6-18)9-10-23(22)30-17-24(29)27-13-11-26(12-14-27)20-7-4-8-21(28)16-20/h1-10,15-16,28H,11-14,17H2. The van der Waals surface area contributed by atoms with Crippen LogP contribution in [-0.4, -0.2) is 48.7 Å². The number of carbonyl (C=O) groups is 1. The summed E-state index contributed by atoms with van der Waals surface area (Å²) in [6.07, 6.45) is 0. The molecule has 1 amide bonds. The van der Waals surface area contributed by atoms with E-state index >= 15 is 0 Å². The maximum Gasteiger partial charge on any atom is 0.260 e. The molecule has 3 aromatic carbocycles. The van der Waals surface area contributed by atoms with E-state index < -0.39 is 0 Å². The van der Waals surface area contributed by atoms with Crippen molar-refractivity contribution in [3.8, 4) is 22.6 Å². The summed E-state index contributed by atoms with van der Waals surface area (Å²) in [6.45, 7) is 2.59. The van der Waals surface area contributed by atoms with Gasteiger partial charge in [0.05, 0.1) is 5.02 Å². The molecule has 5 nitrogen and oxygen atoms in total. The summed E-state index contributed by atoms with van der Waals surface area (Å²) in [7, 11) is 0. The molecule has 1 saturated heterocycles. The Morgan fingerprint density at radius 1 is 0.900 bits per heavy atom. The van der Waals surface area contributed by atoms with Crippen molar-refractivity contribution in [2.75, 3.05) is 37.7 Å². The molecule has 1 aliphatic heterocycles. The Labute approximate surface area is 181 Å². The van der Waals surface area contributed by atoms with Gasteiger partial charge in [0, 0.05) is 37.9 Å². The summed E-state index contributed by atoms with van der Waals surface area (Å²) in [5.74, 6) is 0.687. The molecule has 6 heteroatoms. The molecule has 3 aromatic rings. The number of halogens is 1. The fourth-order valence-electron chi connectivity index (χ4n) is 3.56. The number of piperazine rings is 1. The summed E-state index contributed by atoms with van der Waals surface area (Å²) in [4.78, 5) is 16.5. The van der Waals surface area contributed by atoms with Crippen molar-refractivity contribution >= 4 is 23.2 Å². The SMILES string of the molecule is O=C(COc1ccc(-c2ccccc2)cc1Cl)N1CCN(c2cccc(O)c2)CC1. The minimum atomic E-state index is -0.0613. The van der Waals surface area contributed by atoms with Crippen molar-refractivity contribution in [2.45, 2.75) is 0 Å². The number of hydrogen-bond acceptors (Lipinski definition) is 4. The second-order valence-corrected chi connectivity index (χ2v) is 7.59. The van der Waals surface area contributed by atoms with Crippen molar-refractivity contribution in [2.24, 2.45) is 0 Å². The zero-order valence-corrected chi connectivity index (χ0v) is 17.3. The van der Waals surface area contributed by atoms with E-state index in [-0.39, 0.29) is 18.3 Å². The molecule has 1 fully saturated rings. The molecular formula is C24H23ClN2O3. The number of benzene rings is 3. The number of nitrogens with zero attached hydrogens (tertiary/aromatic N) is 2. The lowest BCUT2D eigenvalue weighted by Crippen LogP contribution is -2.50. The number of amides is 1. The highest BCUT2D eigenvalue weighted by Gasteiger charge is 2.22. The number of hydrogen-bond donors (Lipinski definition) is 1. The third kappa shape index (κ3) is 4.69. The quantitative estimate of drug-likeness (QED) is 0.660. The van der Waals surface area contributed by atoms with Crippen LogP contribution in [0.4, 0.5) is 5.69 Å². The zero-order chi connectivity index (χ0) is 20.9. The van der Waals surface area contributed by atoms with Gasteiger partial charge < -0.3 is 19.6 Å². The van der Waals surface area contributed by atoms with Crippen LogP contribution in [0.2, 0.25) is 5.02 Å². The summed E-state index contributed by atoms with van der Waals surface area (Å²) < 4.78 is 5.70. The highest BCUT2D eigenvalue weighted by Crippen LogP contribution is 2.30. The van der Waals surface area contributed by atoms with Gasteiger partial charge in [0.1, 0.15) is 11.5 Å². The molecule has 0 radical (unpaired) electrons. The maximum atomic E-state index is 12.6. The Bertz CT molecular complexity index is 1020. The third-order valence-corrected chi connectivity index (χ3v) is 5.51. The normalized spacial score (nSPS) is 13.9. The third-order valence-electron chi connectivity index (χ3n) is 5.22. The molecule has 30 heavy (non-hydrogen) atoms. The molecule has 1 heterocycles. The fourth-order valence-corrected chi connectivity index (χ4v) is 3.80. The smallest absolute Gasteiger partial charge is 0.260 e. The average molecular weight is 423 g/mol. The van der Waals surface area contributed by atoms with Crippen LogP contribution in [0, 0.1) is 0 Å². The van der Waals surface area contributed by atoms with Crippen molar-refractivity contribution in [1.29, 1.82) is 0 Å². The number of rotatable bonds is 5. The Kier molecular flexibility index (Phi) is 6.10. The Hall–Kier alpha value is -3.18. The first kappa shape index (κ1) is 20.1. The van der Waals surface area contributed by atoms with Crippen LogP contribution in [0.25, 0.3) is 11.1 Å². The number of anilines is 1. The van der Waals surface area contributed by atoms with Crippen molar-refractivity contribution < 1.29 is 14.6 Å². The van der Waals surface area contributed by atoms with Gasteiger partial charge in [-0.25, -0.2) is 0 Å². The first-order valence-electron chi connectivity index (χ1n) is 9.90. The van der Waals surface area contributed by atoms with Gasteiger partial charge in [-0.05, 0) is 35.4 Å². The second-order valence-electron chi connectivity index (χ2n) is 7.19. The van der Waals surface area contributed by atoms with E-state index in [9.17, 15) is 9.90 Å². The van der Waals surface area contributed by atoms with Crippen molar-refractivity contribution in [3.05, 3.63) is 77.8 Å². The van der Waals surface area contributed by atoms with Crippen LogP contribution >= 0.6 is 11.6 Å². The van der Waals surface area contributed by atoms with Gasteiger partial charge in [-0.15, -0.1) is 0 Å². The van der Waals surface area contributed by atoms with Crippen molar-refractivity contribution in [1.82, 2.24) is 4.90 Å². The number of phenolic OH excluding ortho intramolecular Hbond substituents is 1. The van der Waals surface area contributed by atoms with E-state index in [2.05, 4.69) is 4.90 Å². The van der Waals surface area contributed by atoms with E-state index in [0.29, 0.717) is 37.0 Å². The molecule has 1 aliphatic rings. The van der Waals surface area contributed by atoms with Crippen LogP contribution in [0.3, 0.4) is 0 Å². The molecule has 4 rings (SSSR count). The van der Waals surface area contributed by atoms with Gasteiger partial charge in [-0.2, -0.15) is 0 Å². The van der Waals surface area contributed by atoms with Crippen LogP contribution in [0.15, 0.2) is 72.8 Å². The summed E-state index contributed by atoms with van der Waals surface area (Å²) in [5, 5.41) is 10.1. The Balaban J connectivity index is 1.31. The summed E-state index contributed by atoms with van der Waals surface area (Å²) in [5.41, 5.74) is 3.04. The van der Waals surface area contributed by atoms with E-state index in [1.54, 1.807) is 23.1 Å². The highest BCUT2D eigenvalue weighted by atomic mass is 35.5. The van der Waals surface area contributed by atoms with Gasteiger partial charge in [0.25, 0.3) is 5.91 Å². The molecule has 0 spiro atoms. The zero-order valence-electron chi connectivity index (χ0n) is 16.5. The molecule has 154 valence electrons. The summed E-state index contributed by atoms with van der Waals surface area (Å²) in [6, 6.07) is 22.7. The van der Waals surface area contributed by atoms with Crippen LogP contribution < -0.4 is 9.64 Å². The monoisotopic (exact) mass is 422 g/mol. The second kappa shape index (κ2) is 9.09. The predicted molar refractivity (Wildman–Crippen MR) is 119 cm³/mol. The summed E-state index contributed by atoms with van der Waals surface area (Å²) >= 11 is 6.37. The average Bonchev–Trinajstić information content (AvgIpc) is 2.79. The van der Waals surface area contributed by atoms with Crippen LogP contribution in [0.1, 0.15) is 0 Å². The van der Waals surface area contributed by atoms with E-state index in [4.69, 9.17) is 16.3 Å². The molecular weight excluding hydrogens is 400 g/mol. The predicted octanol–water partition coefficient (Wildman–Crippen LogP) is 4.44. The van der Waals surface area contributed by atoms with Gasteiger partial charge in [0.2, 0.25) is 0 Å². The lowest BCUT2D eigenvalue weighted by atomic mass is 10.1. The molecule has 0 saturated carbocycles. The molecule has 0 aliphatic carbocycles. The van der Waals surface area contributed by atoms with E-state index in [1.807, 2.05) is 54.6 Å². The molecule has 0 bridgehead atoms. The highest BCUT2D eigenvalue weighted by molar-refractivity contribution is 6.32. The fraction of sp³-hybridized carbons (Fsp3) is 0.208. The topological polar surface area (TPSA) is 53.0 Å². The van der Waals surface area contributed by atoms with E-state index in [0.717, 1.165) is 16.8 Å². The molecule has 0 unspecified atom stereocenters. The van der Waals surface area contributed by atoms with Gasteiger partial charge in [-0.1, -0.05) is 54.1 Å². The number of aromatic hydroxyl groups is 1. The number of ether oxygens (including phenoxy) is 1. The first-order chi connectivity index (χ1) is 14.6. The Morgan fingerprint density at radius 3 is 2.37 bits per heavy atom.